The summed E-state index contributed by atoms with van der Waals surface area (Å²) >= 11 is 0. The Morgan fingerprint density at radius 3 is 2.38 bits per heavy atom. The van der Waals surface area contributed by atoms with Crippen molar-refractivity contribution in [2.75, 3.05) is 13.6 Å². The van der Waals surface area contributed by atoms with Gasteiger partial charge in [-0.1, -0.05) is 30.3 Å². The van der Waals surface area contributed by atoms with Crippen molar-refractivity contribution in [3.63, 3.8) is 0 Å². The monoisotopic (exact) mass is 421 g/mol. The summed E-state index contributed by atoms with van der Waals surface area (Å²) in [5.74, 6) is -1.42. The average Bonchev–Trinajstić information content (AvgIpc) is 2.65. The van der Waals surface area contributed by atoms with Crippen LogP contribution in [0.3, 0.4) is 0 Å². The summed E-state index contributed by atoms with van der Waals surface area (Å²) < 4.78 is 41.1. The van der Waals surface area contributed by atoms with Gasteiger partial charge in [-0.2, -0.15) is 0 Å². The Balaban J connectivity index is 2.04. The summed E-state index contributed by atoms with van der Waals surface area (Å²) in [5.41, 5.74) is 0.851. The highest BCUT2D eigenvalue weighted by Crippen LogP contribution is 2.16. The SMILES string of the molecule is CC(C)NS(=O)(=O)c1ccc(F)c(C(=O)NCC(C)N(C)Cc2ccccc2)c1. The molecule has 0 saturated carbocycles. The normalized spacial score (nSPS) is 12.9. The van der Waals surface area contributed by atoms with E-state index in [2.05, 4.69) is 14.9 Å². The summed E-state index contributed by atoms with van der Waals surface area (Å²) in [6, 6.07) is 12.8. The summed E-state index contributed by atoms with van der Waals surface area (Å²) in [5, 5.41) is 2.69. The fourth-order valence-corrected chi connectivity index (χ4v) is 4.02. The molecule has 6 nitrogen and oxygen atoms in total. The zero-order chi connectivity index (χ0) is 21.6. The molecule has 2 aromatic carbocycles. The van der Waals surface area contributed by atoms with Crippen molar-refractivity contribution in [3.8, 4) is 0 Å². The van der Waals surface area contributed by atoms with E-state index in [-0.39, 0.29) is 22.5 Å². The molecule has 0 aliphatic heterocycles. The second-order valence-electron chi connectivity index (χ2n) is 7.38. The van der Waals surface area contributed by atoms with Gasteiger partial charge < -0.3 is 5.32 Å². The number of rotatable bonds is 9. The van der Waals surface area contributed by atoms with Gasteiger partial charge in [-0.25, -0.2) is 17.5 Å². The first-order valence-corrected chi connectivity index (χ1v) is 10.9. The van der Waals surface area contributed by atoms with E-state index in [9.17, 15) is 17.6 Å². The molecule has 0 aliphatic carbocycles. The van der Waals surface area contributed by atoms with E-state index in [0.717, 1.165) is 23.8 Å². The van der Waals surface area contributed by atoms with Crippen molar-refractivity contribution in [2.24, 2.45) is 0 Å². The van der Waals surface area contributed by atoms with Gasteiger partial charge in [0, 0.05) is 25.2 Å². The Morgan fingerprint density at radius 2 is 1.76 bits per heavy atom. The maximum atomic E-state index is 14.2. The lowest BCUT2D eigenvalue weighted by molar-refractivity contribution is 0.0935. The number of nitrogens with zero attached hydrogens (tertiary/aromatic N) is 1. The van der Waals surface area contributed by atoms with Gasteiger partial charge in [-0.05, 0) is 51.6 Å². The standard InChI is InChI=1S/C21H28FN3O3S/c1-15(2)24-29(27,28)18-10-11-20(22)19(12-18)21(26)23-13-16(3)25(4)14-17-8-6-5-7-9-17/h5-12,15-16,24H,13-14H2,1-4H3,(H,23,26). The molecule has 158 valence electrons. The van der Waals surface area contributed by atoms with Crippen LogP contribution in [0.5, 0.6) is 0 Å². The van der Waals surface area contributed by atoms with E-state index >= 15 is 0 Å². The fourth-order valence-electron chi connectivity index (χ4n) is 2.74. The number of nitrogens with one attached hydrogen (secondary N) is 2. The molecule has 1 atom stereocenters. The van der Waals surface area contributed by atoms with Crippen molar-refractivity contribution in [1.82, 2.24) is 14.9 Å². The molecule has 0 spiro atoms. The smallest absolute Gasteiger partial charge is 0.254 e. The number of amides is 1. The van der Waals surface area contributed by atoms with Crippen LogP contribution in [0.2, 0.25) is 0 Å². The van der Waals surface area contributed by atoms with Crippen LogP contribution in [0.25, 0.3) is 0 Å². The van der Waals surface area contributed by atoms with Crippen LogP contribution < -0.4 is 10.0 Å². The van der Waals surface area contributed by atoms with Crippen molar-refractivity contribution < 1.29 is 17.6 Å². The number of carbonyl (C=O) groups is 1. The summed E-state index contributed by atoms with van der Waals surface area (Å²) in [4.78, 5) is 14.4. The number of hydrogen-bond acceptors (Lipinski definition) is 4. The summed E-state index contributed by atoms with van der Waals surface area (Å²) in [7, 11) is -1.88. The van der Waals surface area contributed by atoms with Crippen molar-refractivity contribution >= 4 is 15.9 Å². The van der Waals surface area contributed by atoms with E-state index in [1.54, 1.807) is 13.8 Å². The lowest BCUT2D eigenvalue weighted by Gasteiger charge is -2.25. The zero-order valence-electron chi connectivity index (χ0n) is 17.1. The van der Waals surface area contributed by atoms with E-state index in [0.29, 0.717) is 13.1 Å². The molecule has 0 bridgehead atoms. The van der Waals surface area contributed by atoms with Gasteiger partial charge >= 0.3 is 0 Å². The molecule has 0 heterocycles. The number of halogens is 1. The molecule has 0 fully saturated rings. The largest absolute Gasteiger partial charge is 0.350 e. The first kappa shape index (κ1) is 23.0. The third kappa shape index (κ3) is 6.62. The van der Waals surface area contributed by atoms with Gasteiger partial charge in [-0.3, -0.25) is 9.69 Å². The van der Waals surface area contributed by atoms with Crippen LogP contribution >= 0.6 is 0 Å². The maximum absolute atomic E-state index is 14.2. The van der Waals surface area contributed by atoms with Crippen molar-refractivity contribution in [3.05, 3.63) is 65.5 Å². The van der Waals surface area contributed by atoms with Crippen LogP contribution in [0.15, 0.2) is 53.4 Å². The molecular formula is C21H28FN3O3S. The highest BCUT2D eigenvalue weighted by molar-refractivity contribution is 7.89. The van der Waals surface area contributed by atoms with Crippen LogP contribution in [-0.2, 0) is 16.6 Å². The zero-order valence-corrected chi connectivity index (χ0v) is 18.0. The summed E-state index contributed by atoms with van der Waals surface area (Å²) in [6.07, 6.45) is 0. The Hall–Kier alpha value is -2.29. The van der Waals surface area contributed by atoms with Gasteiger partial charge in [0.05, 0.1) is 10.5 Å². The topological polar surface area (TPSA) is 78.5 Å². The lowest BCUT2D eigenvalue weighted by atomic mass is 10.1. The number of likely N-dealkylation sites (N-methyl/N-ethyl adjacent to an activating group) is 1. The van der Waals surface area contributed by atoms with Gasteiger partial charge in [0.1, 0.15) is 5.82 Å². The van der Waals surface area contributed by atoms with Gasteiger partial charge in [-0.15, -0.1) is 0 Å². The van der Waals surface area contributed by atoms with Gasteiger partial charge in [0.15, 0.2) is 0 Å². The van der Waals surface area contributed by atoms with Crippen LogP contribution in [0.1, 0.15) is 36.7 Å². The molecule has 29 heavy (non-hydrogen) atoms. The minimum Gasteiger partial charge on any atom is -0.350 e. The third-order valence-corrected chi connectivity index (χ3v) is 6.13. The Kier molecular flexibility index (Phi) is 7.89. The minimum absolute atomic E-state index is 0.00302. The molecular weight excluding hydrogens is 393 g/mol. The Bertz CT molecular complexity index is 933. The van der Waals surface area contributed by atoms with Crippen molar-refractivity contribution in [1.29, 1.82) is 0 Å². The van der Waals surface area contributed by atoms with Crippen LogP contribution in [0, 0.1) is 5.82 Å². The van der Waals surface area contributed by atoms with Crippen LogP contribution in [0.4, 0.5) is 4.39 Å². The molecule has 0 saturated heterocycles. The van der Waals surface area contributed by atoms with Gasteiger partial charge in [0.25, 0.3) is 5.91 Å². The molecule has 1 amide bonds. The van der Waals surface area contributed by atoms with Crippen LogP contribution in [-0.4, -0.2) is 44.9 Å². The fraction of sp³-hybridized carbons (Fsp3) is 0.381. The predicted octanol–water partition coefficient (Wildman–Crippen LogP) is 2.76. The van der Waals surface area contributed by atoms with E-state index < -0.39 is 21.7 Å². The summed E-state index contributed by atoms with van der Waals surface area (Å²) in [6.45, 7) is 6.32. The number of benzene rings is 2. The molecule has 2 rings (SSSR count). The molecule has 0 aromatic heterocycles. The molecule has 0 aliphatic rings. The Morgan fingerprint density at radius 1 is 1.10 bits per heavy atom. The van der Waals surface area contributed by atoms with Gasteiger partial charge in [0.2, 0.25) is 10.0 Å². The third-order valence-electron chi connectivity index (χ3n) is 4.47. The predicted molar refractivity (Wildman–Crippen MR) is 112 cm³/mol. The second kappa shape index (κ2) is 9.96. The number of hydrogen-bond donors (Lipinski definition) is 2. The first-order valence-electron chi connectivity index (χ1n) is 9.44. The van der Waals surface area contributed by atoms with Crippen molar-refractivity contribution in [2.45, 2.75) is 44.3 Å². The lowest BCUT2D eigenvalue weighted by Crippen LogP contribution is -2.40. The number of sulfonamides is 1. The van der Waals surface area contributed by atoms with E-state index in [1.807, 2.05) is 44.3 Å². The van der Waals surface area contributed by atoms with E-state index in [4.69, 9.17) is 0 Å². The second-order valence-corrected chi connectivity index (χ2v) is 9.09. The number of carbonyl (C=O) groups excluding carboxylic acids is 1. The minimum atomic E-state index is -3.82. The van der Waals surface area contributed by atoms with E-state index in [1.165, 1.54) is 0 Å². The Labute approximate surface area is 172 Å². The average molecular weight is 422 g/mol. The quantitative estimate of drug-likeness (QED) is 0.653. The highest BCUT2D eigenvalue weighted by Gasteiger charge is 2.21. The molecule has 2 N–H and O–H groups in total. The molecule has 2 aromatic rings. The molecule has 1 unspecified atom stereocenters. The first-order chi connectivity index (χ1) is 13.6. The molecule has 0 radical (unpaired) electrons. The highest BCUT2D eigenvalue weighted by atomic mass is 32.2. The molecule has 8 heteroatoms. The maximum Gasteiger partial charge on any atom is 0.254 e.